The summed E-state index contributed by atoms with van der Waals surface area (Å²) in [6.07, 6.45) is 2.42. The molecule has 0 aliphatic carbocycles. The second-order valence-corrected chi connectivity index (χ2v) is 5.75. The third-order valence-corrected chi connectivity index (χ3v) is 4.29. The van der Waals surface area contributed by atoms with Crippen LogP contribution in [0.25, 0.3) is 0 Å². The number of benzene rings is 1. The van der Waals surface area contributed by atoms with E-state index in [1.54, 1.807) is 0 Å². The lowest BCUT2D eigenvalue weighted by Crippen LogP contribution is -2.43. The van der Waals surface area contributed by atoms with Crippen molar-refractivity contribution in [3.8, 4) is 0 Å². The van der Waals surface area contributed by atoms with Crippen LogP contribution in [-0.2, 0) is 6.42 Å². The normalized spacial score (nSPS) is 30.3. The van der Waals surface area contributed by atoms with Crippen molar-refractivity contribution >= 4 is 11.6 Å². The van der Waals surface area contributed by atoms with E-state index in [-0.39, 0.29) is 0 Å². The Hall–Kier alpha value is -0.530. The van der Waals surface area contributed by atoms with Gasteiger partial charge in [-0.1, -0.05) is 37.6 Å². The van der Waals surface area contributed by atoms with Gasteiger partial charge in [0.1, 0.15) is 0 Å². The molecule has 0 amide bonds. The second-order valence-electron chi connectivity index (χ2n) is 5.31. The molecule has 2 atom stereocenters. The fourth-order valence-corrected chi connectivity index (χ4v) is 2.64. The minimum atomic E-state index is 0.430. The molecule has 0 radical (unpaired) electrons. The maximum atomic E-state index is 5.91. The molecule has 1 fully saturated rings. The van der Waals surface area contributed by atoms with Gasteiger partial charge in [0, 0.05) is 5.02 Å². The zero-order valence-corrected chi connectivity index (χ0v) is 10.8. The van der Waals surface area contributed by atoms with E-state index >= 15 is 0 Å². The molecule has 88 valence electrons. The minimum absolute atomic E-state index is 0.430. The van der Waals surface area contributed by atoms with Crippen molar-refractivity contribution in [3.05, 3.63) is 34.9 Å². The van der Waals surface area contributed by atoms with Gasteiger partial charge in [-0.05, 0) is 55.0 Å². The van der Waals surface area contributed by atoms with Gasteiger partial charge in [0.25, 0.3) is 0 Å². The zero-order valence-electron chi connectivity index (χ0n) is 10.1. The quantitative estimate of drug-likeness (QED) is 0.830. The van der Waals surface area contributed by atoms with Crippen molar-refractivity contribution in [2.24, 2.45) is 11.3 Å². The molecule has 1 aliphatic heterocycles. The first-order chi connectivity index (χ1) is 7.60. The Kier molecular flexibility index (Phi) is 3.56. The number of rotatable bonds is 2. The molecule has 0 saturated carbocycles. The summed E-state index contributed by atoms with van der Waals surface area (Å²) in [5.74, 6) is 0.733. The van der Waals surface area contributed by atoms with Gasteiger partial charge in [0.05, 0.1) is 0 Å². The van der Waals surface area contributed by atoms with E-state index in [4.69, 9.17) is 11.6 Å². The predicted octanol–water partition coefficient (Wildman–Crippen LogP) is 3.52. The monoisotopic (exact) mass is 237 g/mol. The van der Waals surface area contributed by atoms with Gasteiger partial charge in [-0.2, -0.15) is 0 Å². The van der Waals surface area contributed by atoms with Crippen molar-refractivity contribution in [1.82, 2.24) is 5.32 Å². The molecule has 2 rings (SSSR count). The van der Waals surface area contributed by atoms with Crippen LogP contribution in [0, 0.1) is 11.3 Å². The van der Waals surface area contributed by atoms with Crippen LogP contribution >= 0.6 is 11.6 Å². The van der Waals surface area contributed by atoms with Crippen LogP contribution in [0.1, 0.15) is 25.8 Å². The van der Waals surface area contributed by atoms with Crippen LogP contribution in [0.15, 0.2) is 24.3 Å². The number of piperidine rings is 1. The highest BCUT2D eigenvalue weighted by Crippen LogP contribution is 2.36. The van der Waals surface area contributed by atoms with Crippen LogP contribution < -0.4 is 5.32 Å². The molecule has 2 heteroatoms. The highest BCUT2D eigenvalue weighted by Gasteiger charge is 2.33. The van der Waals surface area contributed by atoms with Crippen molar-refractivity contribution < 1.29 is 0 Å². The predicted molar refractivity (Wildman–Crippen MR) is 69.9 cm³/mol. The van der Waals surface area contributed by atoms with Crippen molar-refractivity contribution in [2.45, 2.75) is 26.7 Å². The summed E-state index contributed by atoms with van der Waals surface area (Å²) in [7, 11) is 0. The van der Waals surface area contributed by atoms with Gasteiger partial charge in [-0.3, -0.25) is 0 Å². The van der Waals surface area contributed by atoms with E-state index in [0.29, 0.717) is 5.41 Å². The molecule has 1 saturated heterocycles. The molecule has 0 bridgehead atoms. The van der Waals surface area contributed by atoms with Crippen molar-refractivity contribution in [2.75, 3.05) is 13.1 Å². The topological polar surface area (TPSA) is 12.0 Å². The molecule has 16 heavy (non-hydrogen) atoms. The first kappa shape index (κ1) is 11.9. The molecule has 1 heterocycles. The van der Waals surface area contributed by atoms with Crippen molar-refractivity contribution in [1.29, 1.82) is 0 Å². The Balaban J connectivity index is 2.10. The Labute approximate surface area is 103 Å². The molecule has 0 spiro atoms. The van der Waals surface area contributed by atoms with E-state index < -0.39 is 0 Å². The maximum absolute atomic E-state index is 5.91. The third-order valence-electron chi connectivity index (χ3n) is 4.03. The van der Waals surface area contributed by atoms with Gasteiger partial charge < -0.3 is 5.32 Å². The highest BCUT2D eigenvalue weighted by molar-refractivity contribution is 6.30. The Morgan fingerprint density at radius 3 is 2.69 bits per heavy atom. The Bertz CT molecular complexity index is 346. The molecule has 1 aliphatic rings. The van der Waals surface area contributed by atoms with E-state index in [0.717, 1.165) is 30.5 Å². The summed E-state index contributed by atoms with van der Waals surface area (Å²) in [6.45, 7) is 7.05. The molecule has 0 aromatic heterocycles. The first-order valence-electron chi connectivity index (χ1n) is 6.05. The average molecular weight is 238 g/mol. The van der Waals surface area contributed by atoms with E-state index in [2.05, 4.69) is 31.3 Å². The van der Waals surface area contributed by atoms with Crippen LogP contribution in [0.4, 0.5) is 0 Å². The van der Waals surface area contributed by atoms with Crippen LogP contribution in [0.3, 0.4) is 0 Å². The fourth-order valence-electron chi connectivity index (χ4n) is 2.52. The first-order valence-corrected chi connectivity index (χ1v) is 6.43. The summed E-state index contributed by atoms with van der Waals surface area (Å²) in [6, 6.07) is 8.29. The van der Waals surface area contributed by atoms with Crippen LogP contribution in [0.2, 0.25) is 5.02 Å². The lowest BCUT2D eigenvalue weighted by molar-refractivity contribution is 0.144. The summed E-state index contributed by atoms with van der Waals surface area (Å²) in [5, 5.41) is 4.29. The van der Waals surface area contributed by atoms with Gasteiger partial charge in [-0.15, -0.1) is 0 Å². The molecule has 1 aromatic rings. The van der Waals surface area contributed by atoms with Crippen LogP contribution in [0.5, 0.6) is 0 Å². The Morgan fingerprint density at radius 2 is 2.06 bits per heavy atom. The van der Waals surface area contributed by atoms with E-state index in [1.807, 2.05) is 12.1 Å². The number of hydrogen-bond donors (Lipinski definition) is 1. The summed E-state index contributed by atoms with van der Waals surface area (Å²) in [5.41, 5.74) is 1.83. The second kappa shape index (κ2) is 4.77. The maximum Gasteiger partial charge on any atom is 0.0406 e. The number of halogens is 1. The largest absolute Gasteiger partial charge is 0.316 e. The van der Waals surface area contributed by atoms with Gasteiger partial charge in [0.2, 0.25) is 0 Å². The zero-order chi connectivity index (χ0) is 11.6. The van der Waals surface area contributed by atoms with Crippen molar-refractivity contribution in [3.63, 3.8) is 0 Å². The highest BCUT2D eigenvalue weighted by atomic mass is 35.5. The standard InChI is InChI=1S/C14H20ClN/c1-11-10-16-8-7-14(11,2)9-12-3-5-13(15)6-4-12/h3-6,11,16H,7-10H2,1-2H3. The third kappa shape index (κ3) is 2.58. The van der Waals surface area contributed by atoms with E-state index in [1.165, 1.54) is 12.0 Å². The molecule has 1 aromatic carbocycles. The van der Waals surface area contributed by atoms with Gasteiger partial charge in [0.15, 0.2) is 0 Å². The fraction of sp³-hybridized carbons (Fsp3) is 0.571. The summed E-state index contributed by atoms with van der Waals surface area (Å²) < 4.78 is 0. The number of nitrogens with one attached hydrogen (secondary N) is 1. The number of hydrogen-bond acceptors (Lipinski definition) is 1. The molecule has 1 N–H and O–H groups in total. The average Bonchev–Trinajstić information content (AvgIpc) is 2.26. The summed E-state index contributed by atoms with van der Waals surface area (Å²) in [4.78, 5) is 0. The van der Waals surface area contributed by atoms with Gasteiger partial charge >= 0.3 is 0 Å². The summed E-state index contributed by atoms with van der Waals surface area (Å²) >= 11 is 5.91. The Morgan fingerprint density at radius 1 is 1.38 bits per heavy atom. The molecule has 2 unspecified atom stereocenters. The molecular weight excluding hydrogens is 218 g/mol. The minimum Gasteiger partial charge on any atom is -0.316 e. The molecule has 1 nitrogen and oxygen atoms in total. The smallest absolute Gasteiger partial charge is 0.0406 e. The lowest BCUT2D eigenvalue weighted by atomic mass is 9.69. The lowest BCUT2D eigenvalue weighted by Gasteiger charge is -2.40. The van der Waals surface area contributed by atoms with E-state index in [9.17, 15) is 0 Å². The molecular formula is C14H20ClN. The SMILES string of the molecule is CC1CNCCC1(C)Cc1ccc(Cl)cc1. The van der Waals surface area contributed by atoms with Crippen LogP contribution in [-0.4, -0.2) is 13.1 Å². The van der Waals surface area contributed by atoms with Gasteiger partial charge in [-0.25, -0.2) is 0 Å².